The number of rotatable bonds is 3. The first-order valence-electron chi connectivity index (χ1n) is 7.20. The summed E-state index contributed by atoms with van der Waals surface area (Å²) in [6.07, 6.45) is 0.197. The summed E-state index contributed by atoms with van der Waals surface area (Å²) >= 11 is 0. The summed E-state index contributed by atoms with van der Waals surface area (Å²) in [4.78, 5) is 14.2. The molecular formula is C14H15F2N3O4S. The lowest BCUT2D eigenvalue weighted by Crippen LogP contribution is -2.57. The van der Waals surface area contributed by atoms with Crippen LogP contribution in [0.3, 0.4) is 0 Å². The average Bonchev–Trinajstić information content (AvgIpc) is 2.69. The lowest BCUT2D eigenvalue weighted by molar-refractivity contribution is -0.385. The van der Waals surface area contributed by atoms with Gasteiger partial charge in [0.25, 0.3) is 5.69 Å². The number of non-ortho nitro benzene ring substituents is 1. The minimum atomic E-state index is -3.93. The molecule has 0 saturated carbocycles. The third kappa shape index (κ3) is 1.86. The van der Waals surface area contributed by atoms with E-state index in [-0.39, 0.29) is 18.7 Å². The molecule has 0 aliphatic carbocycles. The van der Waals surface area contributed by atoms with Crippen molar-refractivity contribution in [3.8, 4) is 0 Å². The maximum atomic E-state index is 14.4. The highest BCUT2D eigenvalue weighted by Crippen LogP contribution is 2.52. The van der Waals surface area contributed by atoms with Gasteiger partial charge in [0, 0.05) is 17.7 Å². The van der Waals surface area contributed by atoms with Crippen molar-refractivity contribution in [2.45, 2.75) is 35.3 Å². The Morgan fingerprint density at radius 2 is 2.17 bits per heavy atom. The molecule has 1 aromatic carbocycles. The number of benzene rings is 1. The van der Waals surface area contributed by atoms with Crippen LogP contribution in [0.1, 0.15) is 25.3 Å². The van der Waals surface area contributed by atoms with Gasteiger partial charge in [-0.1, -0.05) is 0 Å². The van der Waals surface area contributed by atoms with E-state index >= 15 is 0 Å². The molecule has 1 saturated heterocycles. The summed E-state index contributed by atoms with van der Waals surface area (Å²) < 4.78 is 52.6. The zero-order valence-corrected chi connectivity index (χ0v) is 13.5. The third-order valence-corrected chi connectivity index (χ3v) is 8.16. The summed E-state index contributed by atoms with van der Waals surface area (Å²) in [7, 11) is -3.93. The first-order valence-corrected chi connectivity index (χ1v) is 8.74. The number of halogens is 2. The first-order chi connectivity index (χ1) is 11.1. The molecule has 130 valence electrons. The largest absolute Gasteiger partial charge is 0.386 e. The van der Waals surface area contributed by atoms with Gasteiger partial charge in [-0.2, -0.15) is 0 Å². The van der Waals surface area contributed by atoms with Crippen molar-refractivity contribution in [1.82, 2.24) is 0 Å². The number of hydrogen-bond donors (Lipinski definition) is 1. The summed E-state index contributed by atoms with van der Waals surface area (Å²) in [5.41, 5.74) is 2.77. The lowest BCUT2D eigenvalue weighted by Gasteiger charge is -2.39. The maximum absolute atomic E-state index is 14.4. The number of amidine groups is 1. The molecule has 2 N–H and O–H groups in total. The molecule has 0 unspecified atom stereocenters. The van der Waals surface area contributed by atoms with E-state index in [0.717, 1.165) is 18.2 Å². The van der Waals surface area contributed by atoms with Gasteiger partial charge >= 0.3 is 0 Å². The third-order valence-electron chi connectivity index (χ3n) is 5.11. The molecule has 1 fully saturated rings. The van der Waals surface area contributed by atoms with Crippen LogP contribution in [0.25, 0.3) is 0 Å². The van der Waals surface area contributed by atoms with Gasteiger partial charge in [0.15, 0.2) is 9.84 Å². The van der Waals surface area contributed by atoms with E-state index in [1.165, 1.54) is 6.92 Å². The number of nitrogens with two attached hydrogens (primary N) is 1. The van der Waals surface area contributed by atoms with Gasteiger partial charge in [-0.05, 0) is 25.8 Å². The van der Waals surface area contributed by atoms with Crippen LogP contribution in [0.4, 0.5) is 14.5 Å². The predicted molar refractivity (Wildman–Crippen MR) is 82.7 cm³/mol. The van der Waals surface area contributed by atoms with Crippen LogP contribution in [-0.2, 0) is 15.4 Å². The molecule has 0 radical (unpaired) electrons. The van der Waals surface area contributed by atoms with Crippen molar-refractivity contribution >= 4 is 21.4 Å². The number of nitro groups is 1. The Hall–Kier alpha value is -2.10. The highest BCUT2D eigenvalue weighted by Gasteiger charge is 2.65. The Balaban J connectivity index is 2.33. The van der Waals surface area contributed by atoms with E-state index in [4.69, 9.17) is 5.73 Å². The molecule has 7 nitrogen and oxygen atoms in total. The van der Waals surface area contributed by atoms with E-state index in [9.17, 15) is 27.3 Å². The van der Waals surface area contributed by atoms with Crippen molar-refractivity contribution in [2.24, 2.45) is 10.7 Å². The van der Waals surface area contributed by atoms with E-state index in [1.807, 2.05) is 0 Å². The average molecular weight is 359 g/mol. The molecule has 10 heteroatoms. The van der Waals surface area contributed by atoms with Gasteiger partial charge in [0.1, 0.15) is 28.6 Å². The second-order valence-corrected chi connectivity index (χ2v) is 8.84. The van der Waals surface area contributed by atoms with Gasteiger partial charge < -0.3 is 5.73 Å². The van der Waals surface area contributed by atoms with Crippen LogP contribution >= 0.6 is 0 Å². The minimum absolute atomic E-state index is 0.0507. The number of alkyl halides is 1. The van der Waals surface area contributed by atoms with Crippen LogP contribution in [0.2, 0.25) is 0 Å². The SMILES string of the molecule is C[C@@]12CC[C@@H]([C@](CF)(c3cc([N+](=O)[O-])ccc3F)N=C1N)S2(=O)=O. The molecule has 24 heavy (non-hydrogen) atoms. The normalized spacial score (nSPS) is 34.0. The van der Waals surface area contributed by atoms with Crippen LogP contribution < -0.4 is 5.73 Å². The van der Waals surface area contributed by atoms with Crippen molar-refractivity contribution in [3.63, 3.8) is 0 Å². The van der Waals surface area contributed by atoms with Crippen LogP contribution in [0.5, 0.6) is 0 Å². The fraction of sp³-hybridized carbons (Fsp3) is 0.500. The lowest BCUT2D eigenvalue weighted by atomic mass is 9.86. The fourth-order valence-electron chi connectivity index (χ4n) is 3.57. The van der Waals surface area contributed by atoms with E-state index in [2.05, 4.69) is 4.99 Å². The number of fused-ring (bicyclic) bond motifs is 2. The highest BCUT2D eigenvalue weighted by atomic mass is 32.2. The molecule has 3 rings (SSSR count). The Morgan fingerprint density at radius 3 is 2.75 bits per heavy atom. The smallest absolute Gasteiger partial charge is 0.270 e. The second-order valence-electron chi connectivity index (χ2n) is 6.28. The number of nitrogens with zero attached hydrogens (tertiary/aromatic N) is 2. The molecule has 0 aromatic heterocycles. The second kappa shape index (κ2) is 4.95. The molecule has 2 aliphatic rings. The molecule has 0 amide bonds. The molecule has 3 atom stereocenters. The van der Waals surface area contributed by atoms with Crippen molar-refractivity contribution in [1.29, 1.82) is 0 Å². The number of aliphatic imine (C=N–C) groups is 1. The van der Waals surface area contributed by atoms with Crippen molar-refractivity contribution in [3.05, 3.63) is 39.7 Å². The van der Waals surface area contributed by atoms with Gasteiger partial charge in [0.2, 0.25) is 0 Å². The summed E-state index contributed by atoms with van der Waals surface area (Å²) in [5.74, 6) is -1.25. The minimum Gasteiger partial charge on any atom is -0.386 e. The molecule has 0 spiro atoms. The summed E-state index contributed by atoms with van der Waals surface area (Å²) in [6.45, 7) is 0.0822. The fourth-order valence-corrected chi connectivity index (χ4v) is 6.12. The van der Waals surface area contributed by atoms with Gasteiger partial charge in [0.05, 0.1) is 10.2 Å². The Morgan fingerprint density at radius 1 is 1.50 bits per heavy atom. The standard InChI is InChI=1S/C14H15F2N3O4S/c1-13-5-4-11(24(13,22)23)14(7-15,18-12(13)17)9-6-8(19(20)21)2-3-10(9)16/h2-3,6,11H,4-5,7H2,1H3,(H2,17,18)/t11-,13+,14-/m0/s1. The van der Waals surface area contributed by atoms with Crippen LogP contribution in [0.15, 0.2) is 23.2 Å². The summed E-state index contributed by atoms with van der Waals surface area (Å²) in [6, 6.07) is 2.57. The molecule has 1 aromatic rings. The van der Waals surface area contributed by atoms with Crippen LogP contribution in [0, 0.1) is 15.9 Å². The molecule has 2 bridgehead atoms. The topological polar surface area (TPSA) is 116 Å². The van der Waals surface area contributed by atoms with E-state index in [1.54, 1.807) is 0 Å². The monoisotopic (exact) mass is 359 g/mol. The highest BCUT2D eigenvalue weighted by molar-refractivity contribution is 7.94. The van der Waals surface area contributed by atoms with E-state index in [0.29, 0.717) is 0 Å². The van der Waals surface area contributed by atoms with Gasteiger partial charge in [-0.3, -0.25) is 15.1 Å². The quantitative estimate of drug-likeness (QED) is 0.650. The molecule has 2 aliphatic heterocycles. The Labute approximate surface area is 136 Å². The van der Waals surface area contributed by atoms with Crippen molar-refractivity contribution in [2.75, 3.05) is 6.67 Å². The Bertz CT molecular complexity index is 873. The van der Waals surface area contributed by atoms with Gasteiger partial charge in [-0.25, -0.2) is 17.2 Å². The zero-order chi connectivity index (χ0) is 17.9. The van der Waals surface area contributed by atoms with E-state index < -0.39 is 54.0 Å². The number of sulfone groups is 1. The number of hydrogen-bond acceptors (Lipinski definition) is 6. The van der Waals surface area contributed by atoms with Crippen molar-refractivity contribution < 1.29 is 22.1 Å². The summed E-state index contributed by atoms with van der Waals surface area (Å²) in [5, 5.41) is 9.64. The predicted octanol–water partition coefficient (Wildman–Crippen LogP) is 1.61. The van der Waals surface area contributed by atoms with Crippen LogP contribution in [-0.4, -0.2) is 35.8 Å². The first kappa shape index (κ1) is 16.7. The Kier molecular flexibility index (Phi) is 3.45. The maximum Gasteiger partial charge on any atom is 0.270 e. The molecular weight excluding hydrogens is 344 g/mol. The number of nitro benzene ring substituents is 1. The zero-order valence-electron chi connectivity index (χ0n) is 12.7. The molecule has 2 heterocycles. The van der Waals surface area contributed by atoms with Gasteiger partial charge in [-0.15, -0.1) is 0 Å².